The Balaban J connectivity index is 1.58. The van der Waals surface area contributed by atoms with Crippen molar-refractivity contribution in [1.82, 2.24) is 4.90 Å². The SMILES string of the molecule is CN(C)CCON=C1C2CC3CC(C2)CC1C3. The highest BCUT2D eigenvalue weighted by molar-refractivity contribution is 5.90. The number of oxime groups is 1. The van der Waals surface area contributed by atoms with Crippen molar-refractivity contribution in [3.05, 3.63) is 0 Å². The van der Waals surface area contributed by atoms with Gasteiger partial charge in [0.15, 0.2) is 0 Å². The quantitative estimate of drug-likeness (QED) is 0.553. The lowest BCUT2D eigenvalue weighted by Crippen LogP contribution is -2.45. The molecule has 4 aliphatic carbocycles. The number of nitrogens with zero attached hydrogens (tertiary/aromatic N) is 2. The summed E-state index contributed by atoms with van der Waals surface area (Å²) in [5, 5.41) is 4.48. The van der Waals surface area contributed by atoms with Crippen molar-refractivity contribution in [2.24, 2.45) is 28.8 Å². The van der Waals surface area contributed by atoms with Crippen molar-refractivity contribution < 1.29 is 4.84 Å². The van der Waals surface area contributed by atoms with Gasteiger partial charge in [0, 0.05) is 18.4 Å². The van der Waals surface area contributed by atoms with Gasteiger partial charge in [-0.2, -0.15) is 0 Å². The summed E-state index contributed by atoms with van der Waals surface area (Å²) in [5.74, 6) is 3.56. The van der Waals surface area contributed by atoms with Gasteiger partial charge in [0.1, 0.15) is 6.61 Å². The Morgan fingerprint density at radius 2 is 1.65 bits per heavy atom. The van der Waals surface area contributed by atoms with E-state index in [1.54, 1.807) is 0 Å². The molecule has 4 bridgehead atoms. The molecular weight excluding hydrogens is 212 g/mol. The second-order valence-corrected chi connectivity index (χ2v) is 6.46. The van der Waals surface area contributed by atoms with Crippen LogP contribution < -0.4 is 0 Å². The summed E-state index contributed by atoms with van der Waals surface area (Å²) >= 11 is 0. The highest BCUT2D eigenvalue weighted by atomic mass is 16.6. The molecule has 0 aromatic carbocycles. The first-order chi connectivity index (χ1) is 8.22. The molecule has 4 fully saturated rings. The first-order valence-electron chi connectivity index (χ1n) is 7.07. The lowest BCUT2D eigenvalue weighted by Gasteiger charge is -2.49. The van der Waals surface area contributed by atoms with E-state index in [1.807, 2.05) is 0 Å². The summed E-state index contributed by atoms with van der Waals surface area (Å²) in [4.78, 5) is 7.65. The van der Waals surface area contributed by atoms with Crippen LogP contribution in [-0.4, -0.2) is 37.9 Å². The fraction of sp³-hybridized carbons (Fsp3) is 0.929. The fourth-order valence-corrected chi connectivity index (χ4v) is 4.16. The minimum atomic E-state index is 0.725. The highest BCUT2D eigenvalue weighted by Crippen LogP contribution is 2.52. The van der Waals surface area contributed by atoms with E-state index in [9.17, 15) is 0 Å². The average Bonchev–Trinajstić information content (AvgIpc) is 2.25. The second kappa shape index (κ2) is 4.60. The molecule has 0 amide bonds. The molecule has 3 heteroatoms. The van der Waals surface area contributed by atoms with Crippen molar-refractivity contribution in [3.63, 3.8) is 0 Å². The maximum absolute atomic E-state index is 5.52. The molecule has 0 spiro atoms. The Morgan fingerprint density at radius 1 is 1.06 bits per heavy atom. The summed E-state index contributed by atoms with van der Waals surface area (Å²) in [6.07, 6.45) is 7.07. The van der Waals surface area contributed by atoms with E-state index >= 15 is 0 Å². The van der Waals surface area contributed by atoms with Crippen molar-refractivity contribution in [1.29, 1.82) is 0 Å². The van der Waals surface area contributed by atoms with Crippen LogP contribution in [0, 0.1) is 23.7 Å². The molecule has 0 heterocycles. The summed E-state index contributed by atoms with van der Waals surface area (Å²) in [6, 6.07) is 0. The lowest BCUT2D eigenvalue weighted by atomic mass is 9.55. The number of hydrogen-bond donors (Lipinski definition) is 0. The van der Waals surface area contributed by atoms with Gasteiger partial charge in [0.05, 0.1) is 5.71 Å². The molecule has 0 aromatic rings. The third-order valence-electron chi connectivity index (χ3n) is 4.77. The topological polar surface area (TPSA) is 24.8 Å². The normalized spacial score (nSPS) is 38.9. The second-order valence-electron chi connectivity index (χ2n) is 6.46. The third-order valence-corrected chi connectivity index (χ3v) is 4.77. The third kappa shape index (κ3) is 2.35. The Morgan fingerprint density at radius 3 is 2.18 bits per heavy atom. The van der Waals surface area contributed by atoms with Crippen LogP contribution in [0.1, 0.15) is 32.1 Å². The zero-order chi connectivity index (χ0) is 11.8. The van der Waals surface area contributed by atoms with Crippen LogP contribution in [0.3, 0.4) is 0 Å². The van der Waals surface area contributed by atoms with Crippen molar-refractivity contribution in [2.45, 2.75) is 32.1 Å². The molecule has 0 atom stereocenters. The van der Waals surface area contributed by atoms with Gasteiger partial charge in [-0.15, -0.1) is 0 Å². The summed E-state index contributed by atoms with van der Waals surface area (Å²) in [7, 11) is 4.14. The fourth-order valence-electron chi connectivity index (χ4n) is 4.16. The molecule has 0 saturated heterocycles. The largest absolute Gasteiger partial charge is 0.394 e. The zero-order valence-electron chi connectivity index (χ0n) is 11.1. The van der Waals surface area contributed by atoms with Crippen LogP contribution in [0.2, 0.25) is 0 Å². The summed E-state index contributed by atoms with van der Waals surface area (Å²) in [5.41, 5.74) is 1.41. The van der Waals surface area contributed by atoms with Crippen molar-refractivity contribution in [2.75, 3.05) is 27.2 Å². The Labute approximate surface area is 104 Å². The predicted molar refractivity (Wildman–Crippen MR) is 69.0 cm³/mol. The molecule has 0 aromatic heterocycles. The van der Waals surface area contributed by atoms with Gasteiger partial charge in [-0.25, -0.2) is 0 Å². The van der Waals surface area contributed by atoms with Gasteiger partial charge in [-0.1, -0.05) is 5.16 Å². The molecule has 17 heavy (non-hydrogen) atoms. The predicted octanol–water partition coefficient (Wildman–Crippen LogP) is 2.38. The minimum absolute atomic E-state index is 0.725. The zero-order valence-corrected chi connectivity index (χ0v) is 11.1. The first-order valence-corrected chi connectivity index (χ1v) is 7.07. The number of hydrogen-bond acceptors (Lipinski definition) is 3. The monoisotopic (exact) mass is 236 g/mol. The van der Waals surface area contributed by atoms with Crippen molar-refractivity contribution in [3.8, 4) is 0 Å². The van der Waals surface area contributed by atoms with Gasteiger partial charge in [-0.3, -0.25) is 0 Å². The molecular formula is C14H24N2O. The van der Waals surface area contributed by atoms with Crippen LogP contribution in [0.15, 0.2) is 5.16 Å². The number of rotatable bonds is 4. The van der Waals surface area contributed by atoms with Gasteiger partial charge < -0.3 is 9.74 Å². The van der Waals surface area contributed by atoms with E-state index in [0.29, 0.717) is 0 Å². The van der Waals surface area contributed by atoms with Crippen LogP contribution in [-0.2, 0) is 4.84 Å². The smallest absolute Gasteiger partial charge is 0.129 e. The molecule has 0 radical (unpaired) electrons. The van der Waals surface area contributed by atoms with Crippen LogP contribution >= 0.6 is 0 Å². The molecule has 4 saturated carbocycles. The molecule has 0 unspecified atom stereocenters. The van der Waals surface area contributed by atoms with E-state index in [4.69, 9.17) is 4.84 Å². The van der Waals surface area contributed by atoms with E-state index in [0.717, 1.165) is 36.8 Å². The maximum atomic E-state index is 5.52. The minimum Gasteiger partial charge on any atom is -0.394 e. The molecule has 3 nitrogen and oxygen atoms in total. The standard InChI is InChI=1S/C14H24N2O/c1-16(2)3-4-17-15-14-12-6-10-5-11(8-12)9-13(14)7-10/h10-13H,3-9H2,1-2H3. The van der Waals surface area contributed by atoms with Gasteiger partial charge in [-0.05, 0) is 58.0 Å². The van der Waals surface area contributed by atoms with Crippen LogP contribution in [0.4, 0.5) is 0 Å². The Hall–Kier alpha value is -0.570. The summed E-state index contributed by atoms with van der Waals surface area (Å²) < 4.78 is 0. The molecule has 0 N–H and O–H groups in total. The summed E-state index contributed by atoms with van der Waals surface area (Å²) in [6.45, 7) is 1.68. The van der Waals surface area contributed by atoms with E-state index < -0.39 is 0 Å². The lowest BCUT2D eigenvalue weighted by molar-refractivity contribution is 0.0854. The van der Waals surface area contributed by atoms with E-state index in [1.165, 1.54) is 37.8 Å². The highest BCUT2D eigenvalue weighted by Gasteiger charge is 2.46. The van der Waals surface area contributed by atoms with Gasteiger partial charge >= 0.3 is 0 Å². The molecule has 96 valence electrons. The van der Waals surface area contributed by atoms with Gasteiger partial charge in [0.2, 0.25) is 0 Å². The first kappa shape index (κ1) is 11.5. The van der Waals surface area contributed by atoms with E-state index in [2.05, 4.69) is 24.2 Å². The van der Waals surface area contributed by atoms with E-state index in [-0.39, 0.29) is 0 Å². The average molecular weight is 236 g/mol. The van der Waals surface area contributed by atoms with Crippen molar-refractivity contribution >= 4 is 5.71 Å². The van der Waals surface area contributed by atoms with Crippen LogP contribution in [0.25, 0.3) is 0 Å². The number of likely N-dealkylation sites (N-methyl/N-ethyl adjacent to an activating group) is 1. The molecule has 4 aliphatic rings. The maximum Gasteiger partial charge on any atom is 0.129 e. The molecule has 4 rings (SSSR count). The Bertz CT molecular complexity index is 281. The van der Waals surface area contributed by atoms with Crippen LogP contribution in [0.5, 0.6) is 0 Å². The Kier molecular flexibility index (Phi) is 3.12. The molecule has 0 aliphatic heterocycles. The van der Waals surface area contributed by atoms with Gasteiger partial charge in [0.25, 0.3) is 0 Å².